The van der Waals surface area contributed by atoms with Gasteiger partial charge in [0.2, 0.25) is 5.76 Å². The van der Waals surface area contributed by atoms with Crippen LogP contribution in [0.15, 0.2) is 57.7 Å². The smallest absolute Gasteiger partial charge is 0.290 e. The Balaban J connectivity index is 1.85. The van der Waals surface area contributed by atoms with Crippen molar-refractivity contribution in [1.82, 2.24) is 4.90 Å². The first-order chi connectivity index (χ1) is 14.0. The zero-order valence-electron chi connectivity index (χ0n) is 16.9. The Morgan fingerprint density at radius 1 is 1.07 bits per heavy atom. The number of fused-ring (bicyclic) bond motifs is 2. The Bertz CT molecular complexity index is 1100. The minimum atomic E-state index is -0.457. The molecule has 1 aliphatic rings. The van der Waals surface area contributed by atoms with Gasteiger partial charge in [0.15, 0.2) is 5.43 Å². The van der Waals surface area contributed by atoms with Crippen molar-refractivity contribution in [3.05, 3.63) is 75.6 Å². The predicted octanol–water partition coefficient (Wildman–Crippen LogP) is 1.88. The van der Waals surface area contributed by atoms with Gasteiger partial charge in [-0.3, -0.25) is 9.59 Å². The van der Waals surface area contributed by atoms with E-state index in [0.29, 0.717) is 23.1 Å². The number of para-hydroxylation sites is 1. The van der Waals surface area contributed by atoms with Gasteiger partial charge < -0.3 is 19.0 Å². The van der Waals surface area contributed by atoms with Gasteiger partial charge in [0.1, 0.15) is 11.3 Å². The molecule has 2 aromatic carbocycles. The van der Waals surface area contributed by atoms with Gasteiger partial charge in [0, 0.05) is 13.0 Å². The van der Waals surface area contributed by atoms with E-state index in [4.69, 9.17) is 9.15 Å². The van der Waals surface area contributed by atoms with Crippen LogP contribution in [0.5, 0.6) is 5.75 Å². The van der Waals surface area contributed by atoms with E-state index >= 15 is 0 Å². The lowest BCUT2D eigenvalue weighted by atomic mass is 9.98. The fourth-order valence-corrected chi connectivity index (χ4v) is 3.93. The van der Waals surface area contributed by atoms with Gasteiger partial charge in [-0.05, 0) is 29.8 Å². The van der Waals surface area contributed by atoms with E-state index in [0.717, 1.165) is 24.3 Å². The molecule has 0 aliphatic carbocycles. The van der Waals surface area contributed by atoms with Crippen LogP contribution >= 0.6 is 0 Å². The highest BCUT2D eigenvalue weighted by Crippen LogP contribution is 2.38. The van der Waals surface area contributed by atoms with Crippen LogP contribution in [0.25, 0.3) is 11.0 Å². The van der Waals surface area contributed by atoms with Crippen LogP contribution in [-0.2, 0) is 0 Å². The lowest BCUT2D eigenvalue weighted by molar-refractivity contribution is -0.858. The van der Waals surface area contributed by atoms with Crippen LogP contribution in [0.4, 0.5) is 0 Å². The number of amides is 1. The molecule has 1 atom stereocenters. The van der Waals surface area contributed by atoms with Gasteiger partial charge in [-0.1, -0.05) is 24.3 Å². The third kappa shape index (κ3) is 3.40. The molecule has 3 aromatic rings. The number of ether oxygens (including phenoxy) is 1. The summed E-state index contributed by atoms with van der Waals surface area (Å²) in [4.78, 5) is 29.6. The van der Waals surface area contributed by atoms with Gasteiger partial charge in [-0.25, -0.2) is 0 Å². The summed E-state index contributed by atoms with van der Waals surface area (Å²) in [6, 6.07) is 14.1. The molecule has 1 amide bonds. The number of rotatable bonds is 6. The second-order valence-corrected chi connectivity index (χ2v) is 7.66. The SMILES string of the molecule is COc1ccc([C@@H]2c3c(oc4ccccc4c3=O)C(=O)N2CCC[NH+](C)C)cc1. The van der Waals surface area contributed by atoms with E-state index in [1.54, 1.807) is 30.2 Å². The third-order valence-corrected chi connectivity index (χ3v) is 5.38. The minimum Gasteiger partial charge on any atom is -0.497 e. The molecule has 0 spiro atoms. The lowest BCUT2D eigenvalue weighted by Crippen LogP contribution is -3.05. The van der Waals surface area contributed by atoms with E-state index in [2.05, 4.69) is 14.1 Å². The fourth-order valence-electron chi connectivity index (χ4n) is 3.93. The number of nitrogens with one attached hydrogen (secondary N) is 1. The standard InChI is InChI=1S/C23H24N2O4/c1-24(2)13-6-14-25-20(15-9-11-16(28-3)12-10-15)19-21(26)17-7-4-5-8-18(17)29-22(19)23(25)27/h4-5,7-12,20H,6,13-14H2,1-3H3/p+1/t20-/m1/s1. The first-order valence-electron chi connectivity index (χ1n) is 9.81. The second-order valence-electron chi connectivity index (χ2n) is 7.66. The zero-order valence-corrected chi connectivity index (χ0v) is 16.9. The molecule has 0 fully saturated rings. The highest BCUT2D eigenvalue weighted by atomic mass is 16.5. The van der Waals surface area contributed by atoms with Gasteiger partial charge in [0.25, 0.3) is 5.91 Å². The zero-order chi connectivity index (χ0) is 20.5. The highest BCUT2D eigenvalue weighted by molar-refractivity contribution is 5.99. The predicted molar refractivity (Wildman–Crippen MR) is 111 cm³/mol. The lowest BCUT2D eigenvalue weighted by Gasteiger charge is -2.25. The normalized spacial score (nSPS) is 15.9. The molecule has 1 aromatic heterocycles. The van der Waals surface area contributed by atoms with Crippen molar-refractivity contribution in [3.63, 3.8) is 0 Å². The molecule has 0 saturated carbocycles. The summed E-state index contributed by atoms with van der Waals surface area (Å²) in [5.41, 5.74) is 1.60. The van der Waals surface area contributed by atoms with Crippen LogP contribution in [0.2, 0.25) is 0 Å². The summed E-state index contributed by atoms with van der Waals surface area (Å²) >= 11 is 0. The van der Waals surface area contributed by atoms with Crippen LogP contribution in [0, 0.1) is 0 Å². The van der Waals surface area contributed by atoms with Crippen molar-refractivity contribution in [2.45, 2.75) is 12.5 Å². The van der Waals surface area contributed by atoms with Crippen molar-refractivity contribution in [1.29, 1.82) is 0 Å². The quantitative estimate of drug-likeness (QED) is 0.695. The maximum absolute atomic E-state index is 13.3. The first kappa shape index (κ1) is 19.2. The summed E-state index contributed by atoms with van der Waals surface area (Å²) in [6.07, 6.45) is 0.836. The number of carbonyl (C=O) groups excluding carboxylic acids is 1. The maximum atomic E-state index is 13.3. The van der Waals surface area contributed by atoms with Crippen molar-refractivity contribution in [3.8, 4) is 5.75 Å². The number of carbonyl (C=O) groups is 1. The second kappa shape index (κ2) is 7.72. The van der Waals surface area contributed by atoms with Gasteiger partial charge >= 0.3 is 0 Å². The Morgan fingerprint density at radius 3 is 2.48 bits per heavy atom. The molecule has 1 aliphatic heterocycles. The third-order valence-electron chi connectivity index (χ3n) is 5.38. The molecular formula is C23H25N2O4+. The molecule has 4 rings (SSSR count). The number of methoxy groups -OCH3 is 1. The molecule has 150 valence electrons. The van der Waals surface area contributed by atoms with Crippen LogP contribution in [0.3, 0.4) is 0 Å². The van der Waals surface area contributed by atoms with Crippen molar-refractivity contribution in [2.75, 3.05) is 34.3 Å². The van der Waals surface area contributed by atoms with E-state index in [1.165, 1.54) is 4.90 Å². The molecule has 6 nitrogen and oxygen atoms in total. The molecule has 2 heterocycles. The average Bonchev–Trinajstić information content (AvgIpc) is 3.00. The summed E-state index contributed by atoms with van der Waals surface area (Å²) < 4.78 is 11.2. The number of quaternary nitrogens is 1. The first-order valence-corrected chi connectivity index (χ1v) is 9.81. The van der Waals surface area contributed by atoms with Crippen LogP contribution in [0.1, 0.15) is 34.1 Å². The average molecular weight is 393 g/mol. The molecule has 0 radical (unpaired) electrons. The fraction of sp³-hybridized carbons (Fsp3) is 0.304. The number of hydrogen-bond acceptors (Lipinski definition) is 4. The molecule has 6 heteroatoms. The molecular weight excluding hydrogens is 368 g/mol. The van der Waals surface area contributed by atoms with Gasteiger partial charge in [0.05, 0.1) is 44.7 Å². The molecule has 0 unspecified atom stereocenters. The van der Waals surface area contributed by atoms with E-state index < -0.39 is 6.04 Å². The van der Waals surface area contributed by atoms with Crippen molar-refractivity contribution in [2.24, 2.45) is 0 Å². The Morgan fingerprint density at radius 2 is 1.79 bits per heavy atom. The van der Waals surface area contributed by atoms with Crippen molar-refractivity contribution >= 4 is 16.9 Å². The van der Waals surface area contributed by atoms with Crippen molar-refractivity contribution < 1.29 is 18.8 Å². The number of hydrogen-bond donors (Lipinski definition) is 1. The number of benzene rings is 2. The van der Waals surface area contributed by atoms with E-state index in [-0.39, 0.29) is 17.1 Å². The Hall–Kier alpha value is -3.12. The Labute approximate surface area is 169 Å². The molecule has 29 heavy (non-hydrogen) atoms. The largest absolute Gasteiger partial charge is 0.497 e. The van der Waals surface area contributed by atoms with E-state index in [9.17, 15) is 9.59 Å². The minimum absolute atomic E-state index is 0.142. The molecule has 0 bridgehead atoms. The summed E-state index contributed by atoms with van der Waals surface area (Å²) in [6.45, 7) is 1.49. The summed E-state index contributed by atoms with van der Waals surface area (Å²) in [5, 5.41) is 0.497. The molecule has 1 N–H and O–H groups in total. The number of nitrogens with zero attached hydrogens (tertiary/aromatic N) is 1. The monoisotopic (exact) mass is 393 g/mol. The van der Waals surface area contributed by atoms with Gasteiger partial charge in [-0.15, -0.1) is 0 Å². The topological polar surface area (TPSA) is 64.2 Å². The highest BCUT2D eigenvalue weighted by Gasteiger charge is 2.42. The van der Waals surface area contributed by atoms with Crippen LogP contribution < -0.4 is 15.1 Å². The van der Waals surface area contributed by atoms with Crippen LogP contribution in [-0.4, -0.2) is 45.1 Å². The molecule has 0 saturated heterocycles. The van der Waals surface area contributed by atoms with Gasteiger partial charge in [-0.2, -0.15) is 0 Å². The maximum Gasteiger partial charge on any atom is 0.290 e. The van der Waals surface area contributed by atoms with E-state index in [1.807, 2.05) is 30.3 Å². The summed E-state index contributed by atoms with van der Waals surface area (Å²) in [5.74, 6) is 0.663. The summed E-state index contributed by atoms with van der Waals surface area (Å²) in [7, 11) is 5.78. The Kier molecular flexibility index (Phi) is 5.11.